The molecule has 0 fully saturated rings. The predicted octanol–water partition coefficient (Wildman–Crippen LogP) is 1.86. The molecule has 1 atom stereocenters. The number of rotatable bonds is 7. The molecule has 5 nitrogen and oxygen atoms in total. The lowest BCUT2D eigenvalue weighted by molar-refractivity contribution is -0.123. The van der Waals surface area contributed by atoms with Crippen molar-refractivity contribution in [2.75, 3.05) is 6.61 Å². The van der Waals surface area contributed by atoms with E-state index in [0.29, 0.717) is 18.7 Å². The molecule has 0 spiro atoms. The quantitative estimate of drug-likeness (QED) is 0.815. The van der Waals surface area contributed by atoms with Crippen LogP contribution in [0, 0.1) is 0 Å². The lowest BCUT2D eigenvalue weighted by atomic mass is 10.2. The van der Waals surface area contributed by atoms with Crippen LogP contribution in [0.25, 0.3) is 0 Å². The second-order valence-corrected chi connectivity index (χ2v) is 4.85. The summed E-state index contributed by atoms with van der Waals surface area (Å²) in [7, 11) is 0. The van der Waals surface area contributed by atoms with Crippen molar-refractivity contribution in [2.24, 2.45) is 5.73 Å². The molecule has 0 saturated heterocycles. The number of ether oxygens (including phenoxy) is 1. The molecule has 5 heteroatoms. The van der Waals surface area contributed by atoms with Crippen molar-refractivity contribution in [3.63, 3.8) is 0 Å². The van der Waals surface area contributed by atoms with Gasteiger partial charge >= 0.3 is 0 Å². The van der Waals surface area contributed by atoms with E-state index >= 15 is 0 Å². The van der Waals surface area contributed by atoms with Crippen LogP contribution in [-0.4, -0.2) is 18.6 Å². The van der Waals surface area contributed by atoms with E-state index < -0.39 is 0 Å². The van der Waals surface area contributed by atoms with Gasteiger partial charge in [-0.05, 0) is 25.1 Å². The van der Waals surface area contributed by atoms with Crippen LogP contribution in [-0.2, 0) is 17.8 Å². The monoisotopic (exact) mass is 288 g/mol. The number of nitrogens with one attached hydrogen (secondary N) is 1. The first-order chi connectivity index (χ1) is 10.2. The summed E-state index contributed by atoms with van der Waals surface area (Å²) in [5.74, 6) is 1.33. The van der Waals surface area contributed by atoms with Gasteiger partial charge in [0.2, 0.25) is 0 Å². The first-order valence-electron chi connectivity index (χ1n) is 6.91. The van der Waals surface area contributed by atoms with Gasteiger partial charge in [-0.15, -0.1) is 0 Å². The highest BCUT2D eigenvalue weighted by atomic mass is 16.5. The number of para-hydroxylation sites is 1. The van der Waals surface area contributed by atoms with E-state index in [4.69, 9.17) is 14.9 Å². The molecule has 1 aromatic carbocycles. The molecule has 1 unspecified atom stereocenters. The van der Waals surface area contributed by atoms with Crippen LogP contribution in [0.4, 0.5) is 0 Å². The van der Waals surface area contributed by atoms with E-state index in [1.54, 1.807) is 6.26 Å². The van der Waals surface area contributed by atoms with Crippen LogP contribution in [0.1, 0.15) is 18.2 Å². The van der Waals surface area contributed by atoms with Gasteiger partial charge in [-0.1, -0.05) is 18.2 Å². The second-order valence-electron chi connectivity index (χ2n) is 4.85. The molecule has 0 aliphatic heterocycles. The summed E-state index contributed by atoms with van der Waals surface area (Å²) in [4.78, 5) is 11.9. The summed E-state index contributed by atoms with van der Waals surface area (Å²) in [6.07, 6.45) is 2.27. The summed E-state index contributed by atoms with van der Waals surface area (Å²) in [5, 5.41) is 2.87. The summed E-state index contributed by atoms with van der Waals surface area (Å²) in [6.45, 7) is 2.28. The average molecular weight is 288 g/mol. The van der Waals surface area contributed by atoms with E-state index in [9.17, 15) is 4.79 Å². The molecule has 1 aromatic heterocycles. The number of amides is 1. The SMILES string of the molecule is CC(Cc1ccco1)NC(=O)COc1ccccc1CN. The van der Waals surface area contributed by atoms with Crippen LogP contribution in [0.3, 0.4) is 0 Å². The van der Waals surface area contributed by atoms with Crippen molar-refractivity contribution in [3.8, 4) is 5.75 Å². The Morgan fingerprint density at radius 3 is 2.86 bits per heavy atom. The number of carbonyl (C=O) groups excluding carboxylic acids is 1. The maximum atomic E-state index is 11.9. The average Bonchev–Trinajstić information content (AvgIpc) is 2.98. The Hall–Kier alpha value is -2.27. The largest absolute Gasteiger partial charge is 0.483 e. The van der Waals surface area contributed by atoms with Gasteiger partial charge in [0.15, 0.2) is 6.61 Å². The second kappa shape index (κ2) is 7.50. The van der Waals surface area contributed by atoms with Crippen LogP contribution in [0.5, 0.6) is 5.75 Å². The van der Waals surface area contributed by atoms with Crippen molar-refractivity contribution in [3.05, 3.63) is 54.0 Å². The maximum Gasteiger partial charge on any atom is 0.258 e. The number of nitrogens with two attached hydrogens (primary N) is 1. The number of carbonyl (C=O) groups is 1. The molecule has 112 valence electrons. The van der Waals surface area contributed by atoms with Crippen molar-refractivity contribution in [1.82, 2.24) is 5.32 Å². The molecule has 0 bridgehead atoms. The van der Waals surface area contributed by atoms with Crippen molar-refractivity contribution >= 4 is 5.91 Å². The highest BCUT2D eigenvalue weighted by molar-refractivity contribution is 5.77. The van der Waals surface area contributed by atoms with E-state index in [1.807, 2.05) is 43.3 Å². The van der Waals surface area contributed by atoms with Gasteiger partial charge in [0.1, 0.15) is 11.5 Å². The lowest BCUT2D eigenvalue weighted by Gasteiger charge is -2.14. The molecule has 2 aromatic rings. The Bertz CT molecular complexity index is 567. The lowest BCUT2D eigenvalue weighted by Crippen LogP contribution is -2.37. The van der Waals surface area contributed by atoms with Gasteiger partial charge in [-0.3, -0.25) is 4.79 Å². The number of furan rings is 1. The molecule has 0 aliphatic rings. The Morgan fingerprint density at radius 1 is 1.33 bits per heavy atom. The molecule has 1 amide bonds. The van der Waals surface area contributed by atoms with Crippen LogP contribution in [0.15, 0.2) is 47.1 Å². The fourth-order valence-electron chi connectivity index (χ4n) is 2.05. The standard InChI is InChI=1S/C16H20N2O3/c1-12(9-14-6-4-8-20-14)18-16(19)11-21-15-7-3-2-5-13(15)10-17/h2-8,12H,9-11,17H2,1H3,(H,18,19). The molecule has 3 N–H and O–H groups in total. The van der Waals surface area contributed by atoms with Crippen molar-refractivity contribution in [1.29, 1.82) is 0 Å². The molecule has 0 radical (unpaired) electrons. The summed E-state index contributed by atoms with van der Waals surface area (Å²) in [6, 6.07) is 11.1. The first kappa shape index (κ1) is 15.1. The zero-order chi connectivity index (χ0) is 15.1. The topological polar surface area (TPSA) is 77.5 Å². The third-order valence-electron chi connectivity index (χ3n) is 3.05. The third kappa shape index (κ3) is 4.65. The molecule has 21 heavy (non-hydrogen) atoms. The van der Waals surface area contributed by atoms with Crippen LogP contribution >= 0.6 is 0 Å². The normalized spacial score (nSPS) is 11.9. The Labute approximate surface area is 124 Å². The number of hydrogen-bond donors (Lipinski definition) is 2. The predicted molar refractivity (Wildman–Crippen MR) is 79.8 cm³/mol. The molecular formula is C16H20N2O3. The summed E-state index contributed by atoms with van der Waals surface area (Å²) >= 11 is 0. The van der Waals surface area contributed by atoms with Gasteiger partial charge < -0.3 is 20.2 Å². The van der Waals surface area contributed by atoms with Crippen LogP contribution in [0.2, 0.25) is 0 Å². The fourth-order valence-corrected chi connectivity index (χ4v) is 2.05. The molecule has 1 heterocycles. The van der Waals surface area contributed by atoms with E-state index in [2.05, 4.69) is 5.32 Å². The van der Waals surface area contributed by atoms with Crippen molar-refractivity contribution in [2.45, 2.75) is 25.9 Å². The smallest absolute Gasteiger partial charge is 0.258 e. The van der Waals surface area contributed by atoms with E-state index in [1.165, 1.54) is 0 Å². The third-order valence-corrected chi connectivity index (χ3v) is 3.05. The highest BCUT2D eigenvalue weighted by Gasteiger charge is 2.11. The zero-order valence-electron chi connectivity index (χ0n) is 12.0. The number of hydrogen-bond acceptors (Lipinski definition) is 4. The Balaban J connectivity index is 1.79. The zero-order valence-corrected chi connectivity index (χ0v) is 12.0. The molecule has 0 aliphatic carbocycles. The Morgan fingerprint density at radius 2 is 2.14 bits per heavy atom. The molecular weight excluding hydrogens is 268 g/mol. The molecule has 2 rings (SSSR count). The Kier molecular flexibility index (Phi) is 5.40. The van der Waals surface area contributed by atoms with Crippen LogP contribution < -0.4 is 15.8 Å². The number of benzene rings is 1. The highest BCUT2D eigenvalue weighted by Crippen LogP contribution is 2.16. The minimum absolute atomic E-state index is 0.0167. The van der Waals surface area contributed by atoms with Gasteiger partial charge in [0, 0.05) is 24.6 Å². The van der Waals surface area contributed by atoms with Gasteiger partial charge in [-0.2, -0.15) is 0 Å². The summed E-state index contributed by atoms with van der Waals surface area (Å²) < 4.78 is 10.8. The minimum atomic E-state index is -0.166. The van der Waals surface area contributed by atoms with E-state index in [-0.39, 0.29) is 18.6 Å². The fraction of sp³-hybridized carbons (Fsp3) is 0.312. The summed E-state index contributed by atoms with van der Waals surface area (Å²) in [5.41, 5.74) is 6.51. The van der Waals surface area contributed by atoms with Gasteiger partial charge in [0.05, 0.1) is 6.26 Å². The van der Waals surface area contributed by atoms with Gasteiger partial charge in [0.25, 0.3) is 5.91 Å². The maximum absolute atomic E-state index is 11.9. The van der Waals surface area contributed by atoms with Crippen molar-refractivity contribution < 1.29 is 13.9 Å². The molecule has 0 saturated carbocycles. The minimum Gasteiger partial charge on any atom is -0.483 e. The first-order valence-corrected chi connectivity index (χ1v) is 6.91. The van der Waals surface area contributed by atoms with E-state index in [0.717, 1.165) is 11.3 Å². The van der Waals surface area contributed by atoms with Gasteiger partial charge in [-0.25, -0.2) is 0 Å².